The van der Waals surface area contributed by atoms with Crippen molar-refractivity contribution < 1.29 is 23.5 Å². The molecule has 1 fully saturated rings. The lowest BCUT2D eigenvalue weighted by Gasteiger charge is -2.36. The minimum Gasteiger partial charge on any atom is -0.455 e. The summed E-state index contributed by atoms with van der Waals surface area (Å²) in [5.41, 5.74) is 1.63. The molecule has 33 heavy (non-hydrogen) atoms. The summed E-state index contributed by atoms with van der Waals surface area (Å²) in [6, 6.07) is 13.9. The molecule has 0 radical (unpaired) electrons. The van der Waals surface area contributed by atoms with Crippen LogP contribution in [-0.4, -0.2) is 55.3 Å². The Bertz CT molecular complexity index is 987. The number of nitrogens with zero attached hydrogens (tertiary/aromatic N) is 2. The van der Waals surface area contributed by atoms with Crippen LogP contribution in [0.1, 0.15) is 49.0 Å². The van der Waals surface area contributed by atoms with E-state index in [2.05, 4.69) is 0 Å². The van der Waals surface area contributed by atoms with E-state index in [0.717, 1.165) is 12.0 Å². The van der Waals surface area contributed by atoms with E-state index in [1.807, 2.05) is 49.1 Å². The van der Waals surface area contributed by atoms with Gasteiger partial charge in [0.2, 0.25) is 0 Å². The smallest absolute Gasteiger partial charge is 0.314 e. The van der Waals surface area contributed by atoms with E-state index in [0.29, 0.717) is 37.4 Å². The van der Waals surface area contributed by atoms with Crippen molar-refractivity contribution in [1.82, 2.24) is 4.90 Å². The minimum atomic E-state index is -0.451. The maximum absolute atomic E-state index is 14.4. The van der Waals surface area contributed by atoms with Crippen molar-refractivity contribution in [2.75, 3.05) is 37.7 Å². The van der Waals surface area contributed by atoms with Gasteiger partial charge in [-0.2, -0.15) is 0 Å². The zero-order valence-corrected chi connectivity index (χ0v) is 19.4. The summed E-state index contributed by atoms with van der Waals surface area (Å²) in [6.07, 6.45) is 0.814. The minimum absolute atomic E-state index is 0.0860. The first kappa shape index (κ1) is 24.4. The number of anilines is 1. The predicted molar refractivity (Wildman–Crippen MR) is 125 cm³/mol. The van der Waals surface area contributed by atoms with E-state index in [9.17, 15) is 18.8 Å². The lowest BCUT2D eigenvalue weighted by molar-refractivity contribution is -0.154. The summed E-state index contributed by atoms with van der Waals surface area (Å²) >= 11 is 0. The molecule has 2 unspecified atom stereocenters. The number of Topliss-reactive ketones (excluding diaryl/α,β-unsaturated/α-hetero) is 1. The van der Waals surface area contributed by atoms with Crippen LogP contribution in [0.2, 0.25) is 0 Å². The van der Waals surface area contributed by atoms with E-state index in [4.69, 9.17) is 4.74 Å². The molecule has 1 saturated heterocycles. The van der Waals surface area contributed by atoms with Gasteiger partial charge < -0.3 is 14.5 Å². The molecule has 7 heteroatoms. The zero-order valence-electron chi connectivity index (χ0n) is 19.4. The summed E-state index contributed by atoms with van der Waals surface area (Å²) in [5, 5.41) is 0. The molecule has 1 heterocycles. The molecule has 0 bridgehead atoms. The molecule has 0 aromatic heterocycles. The van der Waals surface area contributed by atoms with Gasteiger partial charge in [-0.05, 0) is 36.6 Å². The number of amides is 1. The molecule has 0 spiro atoms. The summed E-state index contributed by atoms with van der Waals surface area (Å²) in [6.45, 7) is 6.83. The van der Waals surface area contributed by atoms with Crippen molar-refractivity contribution in [2.24, 2.45) is 5.92 Å². The van der Waals surface area contributed by atoms with Crippen LogP contribution in [0.5, 0.6) is 0 Å². The van der Waals surface area contributed by atoms with Crippen LogP contribution in [0.15, 0.2) is 48.5 Å². The number of halogens is 1. The van der Waals surface area contributed by atoms with E-state index in [1.165, 1.54) is 13.0 Å². The number of esters is 1. The molecular weight excluding hydrogens is 423 g/mol. The largest absolute Gasteiger partial charge is 0.455 e. The first-order chi connectivity index (χ1) is 15.8. The van der Waals surface area contributed by atoms with E-state index in [-0.39, 0.29) is 24.2 Å². The van der Waals surface area contributed by atoms with Crippen LogP contribution in [-0.2, 0) is 14.3 Å². The molecule has 2 aromatic rings. The number of carbonyl (C=O) groups excluding carboxylic acids is 3. The van der Waals surface area contributed by atoms with Gasteiger partial charge in [-0.25, -0.2) is 4.39 Å². The lowest BCUT2D eigenvalue weighted by atomic mass is 9.86. The summed E-state index contributed by atoms with van der Waals surface area (Å²) in [7, 11) is 0. The maximum atomic E-state index is 14.4. The third kappa shape index (κ3) is 5.97. The molecular formula is C26H31FN2O4. The number of hydrogen-bond acceptors (Lipinski definition) is 5. The first-order valence-corrected chi connectivity index (χ1v) is 11.4. The van der Waals surface area contributed by atoms with Gasteiger partial charge in [-0.3, -0.25) is 14.4 Å². The van der Waals surface area contributed by atoms with Crippen molar-refractivity contribution in [3.8, 4) is 0 Å². The van der Waals surface area contributed by atoms with Crippen LogP contribution in [0.3, 0.4) is 0 Å². The van der Waals surface area contributed by atoms with Crippen LogP contribution in [0, 0.1) is 11.7 Å². The highest BCUT2D eigenvalue weighted by Gasteiger charge is 2.29. The second kappa shape index (κ2) is 11.1. The molecule has 1 aliphatic rings. The Morgan fingerprint density at radius 1 is 1.03 bits per heavy atom. The first-order valence-electron chi connectivity index (χ1n) is 11.4. The normalized spacial score (nSPS) is 15.6. The molecule has 0 N–H and O–H groups in total. The average molecular weight is 455 g/mol. The van der Waals surface area contributed by atoms with Crippen molar-refractivity contribution in [3.05, 3.63) is 65.5 Å². The van der Waals surface area contributed by atoms with Crippen LogP contribution >= 0.6 is 0 Å². The van der Waals surface area contributed by atoms with Crippen LogP contribution in [0.25, 0.3) is 0 Å². The topological polar surface area (TPSA) is 66.9 Å². The van der Waals surface area contributed by atoms with Gasteiger partial charge in [0.15, 0.2) is 12.4 Å². The van der Waals surface area contributed by atoms with Crippen LogP contribution in [0.4, 0.5) is 10.1 Å². The number of rotatable bonds is 8. The second-order valence-electron chi connectivity index (χ2n) is 8.47. The average Bonchev–Trinajstić information content (AvgIpc) is 2.83. The van der Waals surface area contributed by atoms with Gasteiger partial charge in [-0.15, -0.1) is 0 Å². The fourth-order valence-electron chi connectivity index (χ4n) is 4.09. The van der Waals surface area contributed by atoms with Gasteiger partial charge in [-0.1, -0.05) is 50.6 Å². The van der Waals surface area contributed by atoms with Gasteiger partial charge in [0.25, 0.3) is 5.91 Å². The zero-order chi connectivity index (χ0) is 24.0. The number of hydrogen-bond donors (Lipinski definition) is 0. The third-order valence-electron chi connectivity index (χ3n) is 6.29. The maximum Gasteiger partial charge on any atom is 0.314 e. The molecule has 0 aliphatic carbocycles. The van der Waals surface area contributed by atoms with Crippen molar-refractivity contribution in [3.63, 3.8) is 0 Å². The number of carbonyl (C=O) groups is 3. The molecule has 2 aromatic carbocycles. The summed E-state index contributed by atoms with van der Waals surface area (Å²) in [4.78, 5) is 40.4. The fraction of sp³-hybridized carbons (Fsp3) is 0.423. The SMILES string of the molecule is CCC(C)C(C(=O)OCC(=O)N1CCN(c2ccc(C(C)=O)cc2F)CC1)c1ccccc1. The summed E-state index contributed by atoms with van der Waals surface area (Å²) < 4.78 is 19.9. The van der Waals surface area contributed by atoms with Crippen molar-refractivity contribution in [2.45, 2.75) is 33.1 Å². The fourth-order valence-corrected chi connectivity index (χ4v) is 4.09. The van der Waals surface area contributed by atoms with E-state index < -0.39 is 17.7 Å². The molecule has 176 valence electrons. The van der Waals surface area contributed by atoms with E-state index >= 15 is 0 Å². The molecule has 0 saturated carbocycles. The van der Waals surface area contributed by atoms with Gasteiger partial charge in [0.05, 0.1) is 11.6 Å². The van der Waals surface area contributed by atoms with Crippen molar-refractivity contribution >= 4 is 23.3 Å². The molecule has 1 aliphatic heterocycles. The molecule has 3 rings (SSSR count). The van der Waals surface area contributed by atoms with Gasteiger partial charge in [0, 0.05) is 31.7 Å². The Hall–Kier alpha value is -3.22. The Morgan fingerprint density at radius 2 is 1.70 bits per heavy atom. The van der Waals surface area contributed by atoms with Gasteiger partial charge in [0.1, 0.15) is 5.82 Å². The summed E-state index contributed by atoms with van der Waals surface area (Å²) in [5.74, 6) is -1.62. The molecule has 1 amide bonds. The quantitative estimate of drug-likeness (QED) is 0.445. The number of ether oxygens (including phenoxy) is 1. The Balaban J connectivity index is 1.55. The highest BCUT2D eigenvalue weighted by Crippen LogP contribution is 2.28. The lowest BCUT2D eigenvalue weighted by Crippen LogP contribution is -2.50. The Labute approximate surface area is 194 Å². The number of benzene rings is 2. The molecule has 2 atom stereocenters. The van der Waals surface area contributed by atoms with Crippen molar-refractivity contribution in [1.29, 1.82) is 0 Å². The third-order valence-corrected chi connectivity index (χ3v) is 6.29. The Morgan fingerprint density at radius 3 is 2.27 bits per heavy atom. The standard InChI is InChI=1S/C26H31FN2O4/c1-4-18(2)25(20-8-6-5-7-9-20)26(32)33-17-24(31)29-14-12-28(13-15-29)23-11-10-21(19(3)30)16-22(23)27/h5-11,16,18,25H,4,12-15,17H2,1-3H3. The van der Waals surface area contributed by atoms with E-state index in [1.54, 1.807) is 17.0 Å². The number of ketones is 1. The Kier molecular flexibility index (Phi) is 8.20. The number of piperazine rings is 1. The second-order valence-corrected chi connectivity index (χ2v) is 8.47. The van der Waals surface area contributed by atoms with Gasteiger partial charge >= 0.3 is 5.97 Å². The monoisotopic (exact) mass is 454 g/mol. The highest BCUT2D eigenvalue weighted by atomic mass is 19.1. The van der Waals surface area contributed by atoms with Crippen LogP contribution < -0.4 is 4.90 Å². The molecule has 6 nitrogen and oxygen atoms in total. The predicted octanol–water partition coefficient (Wildman–Crippen LogP) is 4.05. The highest BCUT2D eigenvalue weighted by molar-refractivity contribution is 5.94.